The van der Waals surface area contributed by atoms with Crippen molar-refractivity contribution < 1.29 is 14.3 Å². The molecular weight excluding hydrogens is 366 g/mol. The zero-order valence-electron chi connectivity index (χ0n) is 14.3. The van der Waals surface area contributed by atoms with Crippen LogP contribution in [0.5, 0.6) is 11.5 Å². The quantitative estimate of drug-likeness (QED) is 0.735. The lowest BCUT2D eigenvalue weighted by molar-refractivity contribution is 0.102. The molecule has 7 heteroatoms. The Kier molecular flexibility index (Phi) is 4.89. The highest BCUT2D eigenvalue weighted by Crippen LogP contribution is 2.37. The number of aromatic nitrogens is 2. The van der Waals surface area contributed by atoms with Crippen molar-refractivity contribution >= 4 is 23.2 Å². The maximum atomic E-state index is 12.5. The summed E-state index contributed by atoms with van der Waals surface area (Å²) in [5.41, 5.74) is 1.66. The van der Waals surface area contributed by atoms with E-state index in [9.17, 15) is 4.79 Å². The van der Waals surface area contributed by atoms with Gasteiger partial charge in [-0.2, -0.15) is 0 Å². The fourth-order valence-corrected chi connectivity index (χ4v) is 2.86. The van der Waals surface area contributed by atoms with E-state index < -0.39 is 0 Å². The summed E-state index contributed by atoms with van der Waals surface area (Å²) in [5, 5.41) is 3.14. The molecular formula is C20H16ClN3O3. The number of hydrogen-bond acceptors (Lipinski definition) is 5. The lowest BCUT2D eigenvalue weighted by Gasteiger charge is -2.12. The van der Waals surface area contributed by atoms with Crippen molar-refractivity contribution in [3.63, 3.8) is 0 Å². The van der Waals surface area contributed by atoms with Crippen LogP contribution >= 0.6 is 11.6 Å². The molecule has 0 atom stereocenters. The van der Waals surface area contributed by atoms with Gasteiger partial charge < -0.3 is 14.8 Å². The third-order valence-corrected chi connectivity index (χ3v) is 4.34. The number of nitrogens with one attached hydrogen (secondary N) is 1. The Morgan fingerprint density at radius 2 is 1.67 bits per heavy atom. The number of anilines is 1. The SMILES string of the molecule is O=C(Nc1cc2c(cc1Cl)OCCCO2)c1cnc(-c2ccccc2)nc1. The number of rotatable bonds is 3. The van der Waals surface area contributed by atoms with Crippen molar-refractivity contribution in [3.05, 3.63) is 65.4 Å². The lowest BCUT2D eigenvalue weighted by Crippen LogP contribution is -2.13. The van der Waals surface area contributed by atoms with Gasteiger partial charge in [0.15, 0.2) is 17.3 Å². The van der Waals surface area contributed by atoms with Crippen LogP contribution in [0.4, 0.5) is 5.69 Å². The summed E-state index contributed by atoms with van der Waals surface area (Å²) in [6.07, 6.45) is 3.77. The zero-order valence-corrected chi connectivity index (χ0v) is 15.1. The predicted molar refractivity (Wildman–Crippen MR) is 102 cm³/mol. The third-order valence-electron chi connectivity index (χ3n) is 4.03. The van der Waals surface area contributed by atoms with Gasteiger partial charge in [0.05, 0.1) is 29.5 Å². The number of fused-ring (bicyclic) bond motifs is 1. The van der Waals surface area contributed by atoms with E-state index in [1.165, 1.54) is 12.4 Å². The number of nitrogens with zero attached hydrogens (tertiary/aromatic N) is 2. The van der Waals surface area contributed by atoms with E-state index in [4.69, 9.17) is 21.1 Å². The van der Waals surface area contributed by atoms with Crippen LogP contribution < -0.4 is 14.8 Å². The molecule has 6 nitrogen and oxygen atoms in total. The molecule has 136 valence electrons. The molecule has 1 aliphatic heterocycles. The first-order chi connectivity index (χ1) is 13.2. The van der Waals surface area contributed by atoms with Gasteiger partial charge in [-0.15, -0.1) is 0 Å². The van der Waals surface area contributed by atoms with Crippen LogP contribution in [0, 0.1) is 0 Å². The molecule has 0 aliphatic carbocycles. The Balaban J connectivity index is 1.53. The number of hydrogen-bond donors (Lipinski definition) is 1. The molecule has 3 aromatic rings. The highest BCUT2D eigenvalue weighted by molar-refractivity contribution is 6.34. The molecule has 0 spiro atoms. The van der Waals surface area contributed by atoms with Gasteiger partial charge in [-0.05, 0) is 0 Å². The molecule has 0 radical (unpaired) electrons. The normalized spacial score (nSPS) is 12.9. The number of amides is 1. The Hall–Kier alpha value is -3.12. The molecule has 1 aliphatic rings. The van der Waals surface area contributed by atoms with Gasteiger partial charge in [-0.1, -0.05) is 41.9 Å². The minimum Gasteiger partial charge on any atom is -0.490 e. The van der Waals surface area contributed by atoms with Crippen LogP contribution in [0.15, 0.2) is 54.9 Å². The Morgan fingerprint density at radius 3 is 2.37 bits per heavy atom. The van der Waals surface area contributed by atoms with Crippen LogP contribution in [0.25, 0.3) is 11.4 Å². The summed E-state index contributed by atoms with van der Waals surface area (Å²) >= 11 is 6.27. The van der Waals surface area contributed by atoms with Gasteiger partial charge >= 0.3 is 0 Å². The van der Waals surface area contributed by atoms with Crippen LogP contribution in [0.2, 0.25) is 5.02 Å². The average Bonchev–Trinajstić information content (AvgIpc) is 2.94. The zero-order chi connectivity index (χ0) is 18.6. The molecule has 27 heavy (non-hydrogen) atoms. The Morgan fingerprint density at radius 1 is 1.00 bits per heavy atom. The Bertz CT molecular complexity index is 962. The number of halogens is 1. The first-order valence-electron chi connectivity index (χ1n) is 8.49. The lowest BCUT2D eigenvalue weighted by atomic mass is 10.2. The molecule has 0 fully saturated rings. The summed E-state index contributed by atoms with van der Waals surface area (Å²) < 4.78 is 11.2. The van der Waals surface area contributed by atoms with Crippen LogP contribution in [-0.4, -0.2) is 29.1 Å². The molecule has 2 aromatic carbocycles. The minimum absolute atomic E-state index is 0.331. The van der Waals surface area contributed by atoms with E-state index in [0.29, 0.717) is 46.8 Å². The topological polar surface area (TPSA) is 73.3 Å². The highest BCUT2D eigenvalue weighted by atomic mass is 35.5. The van der Waals surface area contributed by atoms with Crippen molar-refractivity contribution in [1.82, 2.24) is 9.97 Å². The fraction of sp³-hybridized carbons (Fsp3) is 0.150. The van der Waals surface area contributed by atoms with Gasteiger partial charge in [0, 0.05) is 36.5 Å². The summed E-state index contributed by atoms with van der Waals surface area (Å²) in [4.78, 5) is 21.1. The van der Waals surface area contributed by atoms with Crippen molar-refractivity contribution in [3.8, 4) is 22.9 Å². The molecule has 4 rings (SSSR count). The van der Waals surface area contributed by atoms with Gasteiger partial charge in [0.2, 0.25) is 0 Å². The summed E-state index contributed by atoms with van der Waals surface area (Å²) in [6, 6.07) is 12.9. The molecule has 1 N–H and O–H groups in total. The first-order valence-corrected chi connectivity index (χ1v) is 8.86. The van der Waals surface area contributed by atoms with Crippen LogP contribution in [0.3, 0.4) is 0 Å². The highest BCUT2D eigenvalue weighted by Gasteiger charge is 2.16. The minimum atomic E-state index is -0.356. The first kappa shape index (κ1) is 17.3. The van der Waals surface area contributed by atoms with Gasteiger partial charge in [-0.25, -0.2) is 9.97 Å². The Labute approximate surface area is 161 Å². The fourth-order valence-electron chi connectivity index (χ4n) is 2.66. The van der Waals surface area contributed by atoms with E-state index in [1.807, 2.05) is 30.3 Å². The van der Waals surface area contributed by atoms with E-state index in [2.05, 4.69) is 15.3 Å². The van der Waals surface area contributed by atoms with Crippen molar-refractivity contribution in [2.45, 2.75) is 6.42 Å². The van der Waals surface area contributed by atoms with E-state index >= 15 is 0 Å². The molecule has 1 aromatic heterocycles. The second kappa shape index (κ2) is 7.63. The van der Waals surface area contributed by atoms with E-state index in [0.717, 1.165) is 12.0 Å². The molecule has 0 bridgehead atoms. The molecule has 0 saturated heterocycles. The number of carbonyl (C=O) groups is 1. The largest absolute Gasteiger partial charge is 0.490 e. The predicted octanol–water partition coefficient (Wildman–Crippen LogP) is 4.21. The summed E-state index contributed by atoms with van der Waals surface area (Å²) in [7, 11) is 0. The van der Waals surface area contributed by atoms with Crippen molar-refractivity contribution in [1.29, 1.82) is 0 Å². The van der Waals surface area contributed by atoms with Gasteiger partial charge in [-0.3, -0.25) is 4.79 Å². The number of benzene rings is 2. The van der Waals surface area contributed by atoms with E-state index in [1.54, 1.807) is 12.1 Å². The molecule has 0 saturated carbocycles. The maximum absolute atomic E-state index is 12.5. The third kappa shape index (κ3) is 3.85. The maximum Gasteiger partial charge on any atom is 0.258 e. The molecule has 0 unspecified atom stereocenters. The number of ether oxygens (including phenoxy) is 2. The number of carbonyl (C=O) groups excluding carboxylic acids is 1. The van der Waals surface area contributed by atoms with Crippen LogP contribution in [-0.2, 0) is 0 Å². The monoisotopic (exact) mass is 381 g/mol. The van der Waals surface area contributed by atoms with Crippen molar-refractivity contribution in [2.24, 2.45) is 0 Å². The van der Waals surface area contributed by atoms with Gasteiger partial charge in [0.1, 0.15) is 0 Å². The van der Waals surface area contributed by atoms with Gasteiger partial charge in [0.25, 0.3) is 5.91 Å². The van der Waals surface area contributed by atoms with E-state index in [-0.39, 0.29) is 5.91 Å². The molecule has 2 heterocycles. The standard InChI is InChI=1S/C20H16ClN3O3/c21-15-9-17-18(27-8-4-7-26-17)10-16(15)24-20(25)14-11-22-19(23-12-14)13-5-2-1-3-6-13/h1-3,5-6,9-12H,4,7-8H2,(H,24,25). The second-order valence-corrected chi connectivity index (χ2v) is 6.35. The average molecular weight is 382 g/mol. The van der Waals surface area contributed by atoms with Crippen LogP contribution in [0.1, 0.15) is 16.8 Å². The van der Waals surface area contributed by atoms with Crippen molar-refractivity contribution in [2.75, 3.05) is 18.5 Å². The molecule has 1 amide bonds. The summed E-state index contributed by atoms with van der Waals surface area (Å²) in [6.45, 7) is 1.12. The summed E-state index contributed by atoms with van der Waals surface area (Å²) in [5.74, 6) is 1.33. The second-order valence-electron chi connectivity index (χ2n) is 5.94. The smallest absolute Gasteiger partial charge is 0.258 e.